The predicted molar refractivity (Wildman–Crippen MR) is 97.9 cm³/mol. The summed E-state index contributed by atoms with van der Waals surface area (Å²) in [7, 11) is -3.42. The third-order valence-corrected chi connectivity index (χ3v) is 4.95. The van der Waals surface area contributed by atoms with E-state index in [-0.39, 0.29) is 23.5 Å². The molecule has 0 bridgehead atoms. The maximum atomic E-state index is 12.8. The van der Waals surface area contributed by atoms with Crippen LogP contribution in [0.5, 0.6) is 0 Å². The summed E-state index contributed by atoms with van der Waals surface area (Å²) in [5.74, 6) is -0.998. The van der Waals surface area contributed by atoms with Crippen molar-refractivity contribution in [2.45, 2.75) is 25.2 Å². The van der Waals surface area contributed by atoms with Crippen LogP contribution in [0.15, 0.2) is 29.2 Å². The molecule has 0 aliphatic heterocycles. The van der Waals surface area contributed by atoms with Gasteiger partial charge in [0.2, 0.25) is 5.95 Å². The second-order valence-corrected chi connectivity index (χ2v) is 7.27. The summed E-state index contributed by atoms with van der Waals surface area (Å²) in [4.78, 5) is 31.6. The number of benzene rings is 1. The average Bonchev–Trinajstić information content (AvgIpc) is 2.59. The number of sulfonamides is 1. The van der Waals surface area contributed by atoms with Crippen LogP contribution in [0.2, 0.25) is 0 Å². The summed E-state index contributed by atoms with van der Waals surface area (Å²) >= 11 is 0. The Morgan fingerprint density at radius 2 is 1.86 bits per heavy atom. The summed E-state index contributed by atoms with van der Waals surface area (Å²) < 4.78 is 31.9. The smallest absolute Gasteiger partial charge is 0.339 e. The van der Waals surface area contributed by atoms with E-state index >= 15 is 0 Å². The fourth-order valence-corrected chi connectivity index (χ4v) is 3.80. The molecule has 2 N–H and O–H groups in total. The van der Waals surface area contributed by atoms with Gasteiger partial charge >= 0.3 is 12.0 Å². The molecule has 0 unspecified atom stereocenters. The van der Waals surface area contributed by atoms with E-state index in [1.807, 2.05) is 6.07 Å². The van der Waals surface area contributed by atoms with Gasteiger partial charge in [0.1, 0.15) is 4.90 Å². The number of urea groups is 1. The Morgan fingerprint density at radius 3 is 2.43 bits per heavy atom. The summed E-state index contributed by atoms with van der Waals surface area (Å²) in [6.45, 7) is 3.38. The normalized spacial score (nSPS) is 10.6. The van der Waals surface area contributed by atoms with Gasteiger partial charge in [0.05, 0.1) is 25.2 Å². The van der Waals surface area contributed by atoms with Crippen molar-refractivity contribution in [1.82, 2.24) is 14.7 Å². The third-order valence-electron chi connectivity index (χ3n) is 3.47. The van der Waals surface area contributed by atoms with Crippen molar-refractivity contribution in [2.24, 2.45) is 0 Å². The molecule has 0 saturated heterocycles. The fraction of sp³-hybridized carbons (Fsp3) is 0.235. The number of nitriles is 1. The summed E-state index contributed by atoms with van der Waals surface area (Å²) in [5, 5.41) is 11.2. The van der Waals surface area contributed by atoms with Gasteiger partial charge in [-0.3, -0.25) is 5.32 Å². The van der Waals surface area contributed by atoms with Crippen LogP contribution < -0.4 is 10.0 Å². The van der Waals surface area contributed by atoms with Crippen LogP contribution in [0.1, 0.15) is 27.3 Å². The molecule has 0 atom stereocenters. The highest BCUT2D eigenvalue weighted by Crippen LogP contribution is 2.22. The van der Waals surface area contributed by atoms with Crippen LogP contribution >= 0.6 is 0 Å². The Labute approximate surface area is 161 Å². The van der Waals surface area contributed by atoms with Gasteiger partial charge in [0, 0.05) is 11.4 Å². The highest BCUT2D eigenvalue weighted by atomic mass is 32.2. The van der Waals surface area contributed by atoms with Crippen LogP contribution in [-0.2, 0) is 21.2 Å². The fourth-order valence-electron chi connectivity index (χ4n) is 2.48. The van der Waals surface area contributed by atoms with E-state index in [1.165, 1.54) is 18.2 Å². The van der Waals surface area contributed by atoms with E-state index in [9.17, 15) is 18.0 Å². The van der Waals surface area contributed by atoms with E-state index in [0.29, 0.717) is 11.4 Å². The van der Waals surface area contributed by atoms with Gasteiger partial charge in [0.25, 0.3) is 10.0 Å². The number of rotatable bonds is 5. The van der Waals surface area contributed by atoms with Crippen molar-refractivity contribution in [2.75, 3.05) is 12.4 Å². The summed E-state index contributed by atoms with van der Waals surface area (Å²) in [6.07, 6.45) is -0.289. The molecule has 0 fully saturated rings. The molecular weight excluding hydrogens is 386 g/mol. The Kier molecular flexibility index (Phi) is 6.27. The first-order chi connectivity index (χ1) is 13.2. The zero-order chi connectivity index (χ0) is 20.9. The monoisotopic (exact) mass is 403 g/mol. The van der Waals surface area contributed by atoms with E-state index in [4.69, 9.17) is 5.26 Å². The topological polar surface area (TPSA) is 151 Å². The molecule has 1 aromatic carbocycles. The van der Waals surface area contributed by atoms with E-state index in [1.54, 1.807) is 24.6 Å². The number of esters is 1. The van der Waals surface area contributed by atoms with Gasteiger partial charge in [-0.25, -0.2) is 32.7 Å². The molecule has 0 radical (unpaired) electrons. The number of hydrogen-bond donors (Lipinski definition) is 2. The Hall–Kier alpha value is -3.52. The highest BCUT2D eigenvalue weighted by molar-refractivity contribution is 7.90. The molecule has 1 aromatic heterocycles. The van der Waals surface area contributed by atoms with Gasteiger partial charge in [0.15, 0.2) is 0 Å². The lowest BCUT2D eigenvalue weighted by molar-refractivity contribution is 0.0596. The first-order valence-corrected chi connectivity index (χ1v) is 9.39. The number of carbonyl (C=O) groups excluding carboxylic acids is 2. The first kappa shape index (κ1) is 20.8. The minimum absolute atomic E-state index is 0.0494. The minimum atomic E-state index is -4.51. The maximum absolute atomic E-state index is 12.8. The van der Waals surface area contributed by atoms with E-state index < -0.39 is 26.9 Å². The third kappa shape index (κ3) is 4.80. The van der Waals surface area contributed by atoms with Crippen molar-refractivity contribution < 1.29 is 22.7 Å². The number of aromatic nitrogens is 2. The number of methoxy groups -OCH3 is 1. The molecule has 1 heterocycles. The van der Waals surface area contributed by atoms with Crippen molar-refractivity contribution in [3.05, 3.63) is 46.8 Å². The molecule has 28 heavy (non-hydrogen) atoms. The molecule has 2 amide bonds. The number of ether oxygens (including phenoxy) is 1. The lowest BCUT2D eigenvalue weighted by Gasteiger charge is -2.14. The maximum Gasteiger partial charge on any atom is 0.339 e. The van der Waals surface area contributed by atoms with Gasteiger partial charge < -0.3 is 4.74 Å². The van der Waals surface area contributed by atoms with E-state index in [2.05, 4.69) is 20.0 Å². The quantitative estimate of drug-likeness (QED) is 0.712. The average molecular weight is 403 g/mol. The molecule has 0 spiro atoms. The molecule has 0 aliphatic rings. The molecule has 0 aliphatic carbocycles. The van der Waals surface area contributed by atoms with Crippen LogP contribution in [0.3, 0.4) is 0 Å². The van der Waals surface area contributed by atoms with Crippen LogP contribution in [0.4, 0.5) is 10.7 Å². The van der Waals surface area contributed by atoms with Crippen LogP contribution in [-0.4, -0.2) is 37.5 Å². The molecule has 10 nitrogen and oxygen atoms in total. The Morgan fingerprint density at radius 1 is 1.21 bits per heavy atom. The number of anilines is 1. The number of nitrogens with one attached hydrogen (secondary N) is 2. The lowest BCUT2D eigenvalue weighted by Crippen LogP contribution is -2.36. The Bertz CT molecular complexity index is 1060. The number of hydrogen-bond acceptors (Lipinski definition) is 8. The standard InChI is InChI=1S/C17H17N5O5S/c1-10-9-11(2)20-16(19-10)21-17(24)22-28(25,26)14-12(7-8-18)5-4-6-13(14)15(23)27-3/h4-6,9H,7H2,1-3H3,(H2,19,20,21,22,24). The zero-order valence-electron chi connectivity index (χ0n) is 15.3. The second kappa shape index (κ2) is 8.45. The Balaban J connectivity index is 2.39. The lowest BCUT2D eigenvalue weighted by atomic mass is 10.1. The van der Waals surface area contributed by atoms with Gasteiger partial charge in [-0.1, -0.05) is 12.1 Å². The van der Waals surface area contributed by atoms with Crippen molar-refractivity contribution in [1.29, 1.82) is 5.26 Å². The van der Waals surface area contributed by atoms with E-state index in [0.717, 1.165) is 7.11 Å². The number of amides is 2. The second-order valence-electron chi connectivity index (χ2n) is 5.65. The minimum Gasteiger partial charge on any atom is -0.465 e. The van der Waals surface area contributed by atoms with Gasteiger partial charge in [-0.05, 0) is 31.5 Å². The van der Waals surface area contributed by atoms with Crippen molar-refractivity contribution in [3.8, 4) is 6.07 Å². The largest absolute Gasteiger partial charge is 0.465 e. The number of carbonyl (C=O) groups is 2. The SMILES string of the molecule is COC(=O)c1cccc(CC#N)c1S(=O)(=O)NC(=O)Nc1nc(C)cc(C)n1. The molecule has 2 aromatic rings. The first-order valence-electron chi connectivity index (χ1n) is 7.91. The predicted octanol–water partition coefficient (Wildman–Crippen LogP) is 1.46. The molecular formula is C17H17N5O5S. The van der Waals surface area contributed by atoms with Crippen LogP contribution in [0, 0.1) is 25.2 Å². The van der Waals surface area contributed by atoms with Crippen LogP contribution in [0.25, 0.3) is 0 Å². The number of nitrogens with zero attached hydrogens (tertiary/aromatic N) is 3. The van der Waals surface area contributed by atoms with Gasteiger partial charge in [-0.15, -0.1) is 0 Å². The summed E-state index contributed by atoms with van der Waals surface area (Å²) in [6, 6.07) is 6.40. The van der Waals surface area contributed by atoms with Crippen molar-refractivity contribution in [3.63, 3.8) is 0 Å². The zero-order valence-corrected chi connectivity index (χ0v) is 16.1. The molecule has 0 saturated carbocycles. The summed E-state index contributed by atoms with van der Waals surface area (Å²) in [5.41, 5.74) is 0.919. The van der Waals surface area contributed by atoms with Gasteiger partial charge in [-0.2, -0.15) is 5.26 Å². The number of aryl methyl sites for hydroxylation is 2. The molecule has 11 heteroatoms. The molecule has 2 rings (SSSR count). The van der Waals surface area contributed by atoms with Crippen molar-refractivity contribution >= 4 is 28.0 Å². The highest BCUT2D eigenvalue weighted by Gasteiger charge is 2.28. The molecule has 146 valence electrons.